The third-order valence-electron chi connectivity index (χ3n) is 2.94. The lowest BCUT2D eigenvalue weighted by Gasteiger charge is -2.30. The minimum atomic E-state index is -1.04. The maximum Gasteiger partial charge on any atom is 0.326 e. The Morgan fingerprint density at radius 2 is 2.37 bits per heavy atom. The fourth-order valence-corrected chi connectivity index (χ4v) is 1.82. The number of carboxylic acid groups (broad SMARTS) is 1. The molecule has 1 rings (SSSR count). The molecule has 1 unspecified atom stereocenters. The van der Waals surface area contributed by atoms with Gasteiger partial charge in [-0.3, -0.25) is 0 Å². The van der Waals surface area contributed by atoms with E-state index in [1.807, 2.05) is 13.0 Å². The van der Waals surface area contributed by atoms with Crippen molar-refractivity contribution in [1.29, 1.82) is 5.26 Å². The van der Waals surface area contributed by atoms with E-state index in [-0.39, 0.29) is 6.54 Å². The van der Waals surface area contributed by atoms with Gasteiger partial charge in [0.1, 0.15) is 6.04 Å². The molecule has 106 valence electrons. The number of urea groups is 1. The summed E-state index contributed by atoms with van der Waals surface area (Å²) in [6.45, 7) is 2.78. The van der Waals surface area contributed by atoms with E-state index in [0.717, 1.165) is 12.8 Å². The largest absolute Gasteiger partial charge is 0.480 e. The summed E-state index contributed by atoms with van der Waals surface area (Å²) < 4.78 is 5.13. The highest BCUT2D eigenvalue weighted by Crippen LogP contribution is 2.06. The monoisotopic (exact) mass is 269 g/mol. The van der Waals surface area contributed by atoms with Gasteiger partial charge in [-0.1, -0.05) is 19.8 Å². The van der Waals surface area contributed by atoms with E-state index in [4.69, 9.17) is 15.1 Å². The van der Waals surface area contributed by atoms with Crippen molar-refractivity contribution in [3.05, 3.63) is 0 Å². The summed E-state index contributed by atoms with van der Waals surface area (Å²) in [4.78, 5) is 24.4. The van der Waals surface area contributed by atoms with Crippen molar-refractivity contribution in [2.75, 3.05) is 19.7 Å². The summed E-state index contributed by atoms with van der Waals surface area (Å²) in [7, 11) is 0. The van der Waals surface area contributed by atoms with E-state index >= 15 is 0 Å². The number of hydrogen-bond donors (Lipinski definition) is 2. The number of unbranched alkanes of at least 4 members (excludes halogenated alkanes) is 1. The lowest BCUT2D eigenvalue weighted by Crippen LogP contribution is -2.53. The fourth-order valence-electron chi connectivity index (χ4n) is 1.82. The molecule has 0 aromatic rings. The molecule has 1 aliphatic heterocycles. The second-order valence-electron chi connectivity index (χ2n) is 4.42. The van der Waals surface area contributed by atoms with Crippen LogP contribution in [0.15, 0.2) is 0 Å². The molecule has 1 fully saturated rings. The minimum Gasteiger partial charge on any atom is -0.480 e. The number of amides is 2. The lowest BCUT2D eigenvalue weighted by molar-refractivity contribution is -0.139. The second-order valence-corrected chi connectivity index (χ2v) is 4.42. The van der Waals surface area contributed by atoms with Crippen LogP contribution < -0.4 is 5.32 Å². The number of hydrogen-bond acceptors (Lipinski definition) is 4. The van der Waals surface area contributed by atoms with Crippen LogP contribution in [0, 0.1) is 11.3 Å². The number of rotatable bonds is 5. The Morgan fingerprint density at radius 3 is 2.95 bits per heavy atom. The molecule has 1 heterocycles. The first kappa shape index (κ1) is 15.2. The van der Waals surface area contributed by atoms with Gasteiger partial charge in [-0.15, -0.1) is 0 Å². The van der Waals surface area contributed by atoms with Gasteiger partial charge in [-0.05, 0) is 6.42 Å². The third kappa shape index (κ3) is 4.75. The first-order valence-corrected chi connectivity index (χ1v) is 6.38. The Hall–Kier alpha value is -1.81. The number of nitrogens with one attached hydrogen (secondary N) is 1. The van der Waals surface area contributed by atoms with Gasteiger partial charge in [0, 0.05) is 6.54 Å². The zero-order valence-corrected chi connectivity index (χ0v) is 11.0. The van der Waals surface area contributed by atoms with Crippen LogP contribution in [0.4, 0.5) is 4.79 Å². The molecule has 2 N–H and O–H groups in total. The number of aliphatic carboxylic acids is 1. The van der Waals surface area contributed by atoms with E-state index in [2.05, 4.69) is 5.32 Å². The van der Waals surface area contributed by atoms with Crippen LogP contribution in [0.2, 0.25) is 0 Å². The van der Waals surface area contributed by atoms with Crippen LogP contribution in [0.1, 0.15) is 26.2 Å². The van der Waals surface area contributed by atoms with Gasteiger partial charge in [0.2, 0.25) is 0 Å². The van der Waals surface area contributed by atoms with E-state index in [1.165, 1.54) is 4.90 Å². The zero-order chi connectivity index (χ0) is 14.3. The predicted octanol–water partition coefficient (Wildman–Crippen LogP) is 0.564. The Balaban J connectivity index is 2.51. The molecule has 2 atom stereocenters. The summed E-state index contributed by atoms with van der Waals surface area (Å²) in [5.41, 5.74) is 0. The number of nitrogens with zero attached hydrogens (tertiary/aromatic N) is 2. The number of carbonyl (C=O) groups excluding carboxylic acids is 1. The molecule has 19 heavy (non-hydrogen) atoms. The Morgan fingerprint density at radius 1 is 1.63 bits per heavy atom. The first-order chi connectivity index (χ1) is 9.08. The minimum absolute atomic E-state index is 0.169. The summed E-state index contributed by atoms with van der Waals surface area (Å²) >= 11 is 0. The van der Waals surface area contributed by atoms with Gasteiger partial charge in [0.05, 0.1) is 19.2 Å². The maximum atomic E-state index is 11.9. The summed E-state index contributed by atoms with van der Waals surface area (Å²) in [5, 5.41) is 20.3. The third-order valence-corrected chi connectivity index (χ3v) is 2.94. The standard InChI is InChI=1S/C12H19N3O4/c1-2-3-4-10(11(16)17)14-12(18)15-5-6-19-9(7-13)8-15/h9-10H,2-6,8H2,1H3,(H,14,18)(H,16,17)/t9?,10-/m0/s1. The van der Waals surface area contributed by atoms with Crippen molar-refractivity contribution in [1.82, 2.24) is 10.2 Å². The molecule has 7 nitrogen and oxygen atoms in total. The predicted molar refractivity (Wildman–Crippen MR) is 66.4 cm³/mol. The fraction of sp³-hybridized carbons (Fsp3) is 0.750. The topological polar surface area (TPSA) is 103 Å². The summed E-state index contributed by atoms with van der Waals surface area (Å²) in [5.74, 6) is -1.04. The Labute approximate surface area is 112 Å². The SMILES string of the molecule is CCCC[C@H](NC(=O)N1CCOC(C#N)C1)C(=O)O. The molecule has 7 heteroatoms. The molecule has 0 aliphatic carbocycles. The van der Waals surface area contributed by atoms with Crippen molar-refractivity contribution in [3.8, 4) is 6.07 Å². The lowest BCUT2D eigenvalue weighted by atomic mass is 10.1. The number of carbonyl (C=O) groups is 2. The smallest absolute Gasteiger partial charge is 0.326 e. The van der Waals surface area contributed by atoms with E-state index in [9.17, 15) is 9.59 Å². The van der Waals surface area contributed by atoms with Crippen molar-refractivity contribution in [2.45, 2.75) is 38.3 Å². The number of ether oxygens (including phenoxy) is 1. The van der Waals surface area contributed by atoms with E-state index in [1.54, 1.807) is 0 Å². The van der Waals surface area contributed by atoms with Crippen LogP contribution in [0.3, 0.4) is 0 Å². The van der Waals surface area contributed by atoms with Gasteiger partial charge in [-0.25, -0.2) is 9.59 Å². The Kier molecular flexibility index (Phi) is 6.09. The van der Waals surface area contributed by atoms with Crippen molar-refractivity contribution < 1.29 is 19.4 Å². The van der Waals surface area contributed by atoms with Crippen LogP contribution in [0.5, 0.6) is 0 Å². The average Bonchev–Trinajstić information content (AvgIpc) is 2.42. The van der Waals surface area contributed by atoms with Gasteiger partial charge in [-0.2, -0.15) is 5.26 Å². The first-order valence-electron chi connectivity index (χ1n) is 6.38. The molecule has 0 radical (unpaired) electrons. The number of morpholine rings is 1. The molecule has 1 saturated heterocycles. The van der Waals surface area contributed by atoms with Gasteiger partial charge in [0.15, 0.2) is 6.10 Å². The quantitative estimate of drug-likeness (QED) is 0.759. The van der Waals surface area contributed by atoms with Crippen LogP contribution in [-0.2, 0) is 9.53 Å². The van der Waals surface area contributed by atoms with E-state index in [0.29, 0.717) is 19.6 Å². The van der Waals surface area contributed by atoms with Gasteiger partial charge < -0.3 is 20.1 Å². The van der Waals surface area contributed by atoms with Gasteiger partial charge >= 0.3 is 12.0 Å². The van der Waals surface area contributed by atoms with Crippen molar-refractivity contribution in [3.63, 3.8) is 0 Å². The number of nitriles is 1. The second kappa shape index (κ2) is 7.59. The van der Waals surface area contributed by atoms with Crippen LogP contribution in [-0.4, -0.2) is 53.8 Å². The normalized spacial score (nSPS) is 20.4. The zero-order valence-electron chi connectivity index (χ0n) is 11.0. The van der Waals surface area contributed by atoms with Crippen LogP contribution >= 0.6 is 0 Å². The van der Waals surface area contributed by atoms with Crippen LogP contribution in [0.25, 0.3) is 0 Å². The van der Waals surface area contributed by atoms with Crippen molar-refractivity contribution in [2.24, 2.45) is 0 Å². The molecule has 0 aromatic heterocycles. The molecule has 2 amide bonds. The van der Waals surface area contributed by atoms with E-state index < -0.39 is 24.1 Å². The summed E-state index contributed by atoms with van der Waals surface area (Å²) in [6.07, 6.45) is 1.37. The molecule has 1 aliphatic rings. The highest BCUT2D eigenvalue weighted by Gasteiger charge is 2.27. The molecule has 0 aromatic carbocycles. The van der Waals surface area contributed by atoms with Gasteiger partial charge in [0.25, 0.3) is 0 Å². The molecular weight excluding hydrogens is 250 g/mol. The molecule has 0 spiro atoms. The molecule has 0 bridgehead atoms. The highest BCUT2D eigenvalue weighted by atomic mass is 16.5. The highest BCUT2D eigenvalue weighted by molar-refractivity contribution is 5.82. The summed E-state index contributed by atoms with van der Waals surface area (Å²) in [6, 6.07) is 0.608. The molecular formula is C12H19N3O4. The average molecular weight is 269 g/mol. The number of carboxylic acids is 1. The Bertz CT molecular complexity index is 366. The van der Waals surface area contributed by atoms with Crippen molar-refractivity contribution >= 4 is 12.0 Å². The molecule has 0 saturated carbocycles. The maximum absolute atomic E-state index is 11.9.